The zero-order chi connectivity index (χ0) is 17.8. The molecule has 1 aliphatic rings. The molecule has 134 valence electrons. The lowest BCUT2D eigenvalue weighted by molar-refractivity contribution is -0.135. The predicted molar refractivity (Wildman–Crippen MR) is 99.2 cm³/mol. The van der Waals surface area contributed by atoms with Crippen LogP contribution in [0.1, 0.15) is 62.3 Å². The molecule has 4 heteroatoms. The van der Waals surface area contributed by atoms with Crippen molar-refractivity contribution in [2.24, 2.45) is 5.92 Å². The van der Waals surface area contributed by atoms with Gasteiger partial charge in [0.1, 0.15) is 0 Å². The number of carbonyl (C=O) groups excluding carboxylic acids is 1. The van der Waals surface area contributed by atoms with Gasteiger partial charge in [-0.3, -0.25) is 4.79 Å². The third-order valence-electron chi connectivity index (χ3n) is 5.34. The number of hydrogen-bond acceptors (Lipinski definition) is 3. The van der Waals surface area contributed by atoms with Crippen molar-refractivity contribution in [3.63, 3.8) is 0 Å². The number of rotatable bonds is 6. The Balaban J connectivity index is 1.77. The second kappa shape index (κ2) is 7.85. The van der Waals surface area contributed by atoms with Gasteiger partial charge in [-0.2, -0.15) is 5.10 Å². The van der Waals surface area contributed by atoms with Crippen molar-refractivity contribution in [1.29, 1.82) is 0 Å². The SMILES string of the molecule is CCc1cc(OC(=O)CCC2CCCC2)n(-c2cccc(C)c2C)n1. The highest BCUT2D eigenvalue weighted by Crippen LogP contribution is 2.29. The van der Waals surface area contributed by atoms with E-state index in [0.717, 1.165) is 29.8 Å². The van der Waals surface area contributed by atoms with E-state index in [9.17, 15) is 4.79 Å². The molecule has 3 rings (SSSR count). The van der Waals surface area contributed by atoms with Crippen LogP contribution in [-0.2, 0) is 11.2 Å². The standard InChI is InChI=1S/C21H28N2O2/c1-4-18-14-20(25-21(24)13-12-17-9-5-6-10-17)23(22-18)19-11-7-8-15(2)16(19)3/h7-8,11,14,17H,4-6,9-10,12-13H2,1-3H3. The van der Waals surface area contributed by atoms with Gasteiger partial charge in [0.2, 0.25) is 5.88 Å². The predicted octanol–water partition coefficient (Wildman–Crippen LogP) is 4.93. The molecule has 4 nitrogen and oxygen atoms in total. The van der Waals surface area contributed by atoms with Crippen LogP contribution in [0.15, 0.2) is 24.3 Å². The van der Waals surface area contributed by atoms with E-state index >= 15 is 0 Å². The number of hydrogen-bond donors (Lipinski definition) is 0. The molecule has 1 aromatic carbocycles. The lowest BCUT2D eigenvalue weighted by atomic mass is 10.0. The average molecular weight is 340 g/mol. The Labute approximate surface area is 150 Å². The van der Waals surface area contributed by atoms with Crippen LogP contribution in [0.5, 0.6) is 5.88 Å². The Morgan fingerprint density at radius 2 is 2.04 bits per heavy atom. The molecule has 2 aromatic rings. The first-order chi connectivity index (χ1) is 12.1. The van der Waals surface area contributed by atoms with Crippen LogP contribution in [0, 0.1) is 19.8 Å². The number of aryl methyl sites for hydroxylation is 2. The maximum atomic E-state index is 12.3. The van der Waals surface area contributed by atoms with Crippen LogP contribution in [0.4, 0.5) is 0 Å². The topological polar surface area (TPSA) is 44.1 Å². The second-order valence-corrected chi connectivity index (χ2v) is 7.12. The Kier molecular flexibility index (Phi) is 5.57. The van der Waals surface area contributed by atoms with Gasteiger partial charge in [-0.05, 0) is 49.8 Å². The van der Waals surface area contributed by atoms with Crippen LogP contribution in [-0.4, -0.2) is 15.7 Å². The molecule has 25 heavy (non-hydrogen) atoms. The van der Waals surface area contributed by atoms with E-state index in [1.807, 2.05) is 18.2 Å². The molecular weight excluding hydrogens is 312 g/mol. The van der Waals surface area contributed by atoms with Crippen molar-refractivity contribution < 1.29 is 9.53 Å². The Bertz CT molecular complexity index is 742. The van der Waals surface area contributed by atoms with Crippen molar-refractivity contribution in [2.75, 3.05) is 0 Å². The smallest absolute Gasteiger partial charge is 0.312 e. The van der Waals surface area contributed by atoms with E-state index in [4.69, 9.17) is 4.74 Å². The molecule has 0 saturated heterocycles. The van der Waals surface area contributed by atoms with Crippen molar-refractivity contribution in [3.05, 3.63) is 41.1 Å². The minimum Gasteiger partial charge on any atom is -0.407 e. The highest BCUT2D eigenvalue weighted by molar-refractivity contribution is 5.72. The highest BCUT2D eigenvalue weighted by Gasteiger charge is 2.19. The molecule has 1 fully saturated rings. The molecule has 0 unspecified atom stereocenters. The molecule has 1 saturated carbocycles. The second-order valence-electron chi connectivity index (χ2n) is 7.12. The minimum absolute atomic E-state index is 0.152. The quantitative estimate of drug-likeness (QED) is 0.701. The van der Waals surface area contributed by atoms with Gasteiger partial charge in [0.05, 0.1) is 11.4 Å². The van der Waals surface area contributed by atoms with Gasteiger partial charge in [0.15, 0.2) is 0 Å². The third kappa shape index (κ3) is 4.12. The van der Waals surface area contributed by atoms with E-state index in [1.54, 1.807) is 4.68 Å². The molecule has 1 aromatic heterocycles. The number of nitrogens with zero attached hydrogens (tertiary/aromatic N) is 2. The molecule has 0 spiro atoms. The van der Waals surface area contributed by atoms with Gasteiger partial charge < -0.3 is 4.74 Å². The summed E-state index contributed by atoms with van der Waals surface area (Å²) in [6.07, 6.45) is 7.37. The monoisotopic (exact) mass is 340 g/mol. The Hall–Kier alpha value is -2.10. The van der Waals surface area contributed by atoms with Gasteiger partial charge in [-0.25, -0.2) is 4.68 Å². The summed E-state index contributed by atoms with van der Waals surface area (Å²) in [7, 11) is 0. The maximum absolute atomic E-state index is 12.3. The molecular formula is C21H28N2O2. The Morgan fingerprint density at radius 3 is 2.76 bits per heavy atom. The van der Waals surface area contributed by atoms with E-state index in [0.29, 0.717) is 18.2 Å². The lowest BCUT2D eigenvalue weighted by Gasteiger charge is -2.12. The highest BCUT2D eigenvalue weighted by atomic mass is 16.5. The van der Waals surface area contributed by atoms with Crippen LogP contribution in [0.25, 0.3) is 5.69 Å². The first-order valence-electron chi connectivity index (χ1n) is 9.44. The van der Waals surface area contributed by atoms with Gasteiger partial charge in [-0.1, -0.05) is 44.7 Å². The molecule has 0 aliphatic heterocycles. The van der Waals surface area contributed by atoms with Gasteiger partial charge in [-0.15, -0.1) is 0 Å². The summed E-state index contributed by atoms with van der Waals surface area (Å²) in [5.74, 6) is 1.07. The van der Waals surface area contributed by atoms with Crippen LogP contribution in [0.2, 0.25) is 0 Å². The van der Waals surface area contributed by atoms with Gasteiger partial charge >= 0.3 is 5.97 Å². The summed E-state index contributed by atoms with van der Waals surface area (Å²) >= 11 is 0. The van der Waals surface area contributed by atoms with E-state index in [1.165, 1.54) is 31.2 Å². The largest absolute Gasteiger partial charge is 0.407 e. The fourth-order valence-electron chi connectivity index (χ4n) is 3.58. The summed E-state index contributed by atoms with van der Waals surface area (Å²) in [6, 6.07) is 7.99. The fraction of sp³-hybridized carbons (Fsp3) is 0.524. The summed E-state index contributed by atoms with van der Waals surface area (Å²) in [4.78, 5) is 12.3. The molecule has 0 radical (unpaired) electrons. The van der Waals surface area contributed by atoms with Crippen molar-refractivity contribution in [1.82, 2.24) is 9.78 Å². The molecule has 1 aliphatic carbocycles. The maximum Gasteiger partial charge on any atom is 0.312 e. The fourth-order valence-corrected chi connectivity index (χ4v) is 3.58. The lowest BCUT2D eigenvalue weighted by Crippen LogP contribution is -2.13. The average Bonchev–Trinajstić information content (AvgIpc) is 3.25. The third-order valence-corrected chi connectivity index (χ3v) is 5.34. The zero-order valence-electron chi connectivity index (χ0n) is 15.5. The van der Waals surface area contributed by atoms with E-state index < -0.39 is 0 Å². The van der Waals surface area contributed by atoms with Gasteiger partial charge in [0.25, 0.3) is 0 Å². The Morgan fingerprint density at radius 1 is 1.28 bits per heavy atom. The number of esters is 1. The van der Waals surface area contributed by atoms with Crippen LogP contribution in [0.3, 0.4) is 0 Å². The number of carbonyl (C=O) groups is 1. The van der Waals surface area contributed by atoms with E-state index in [2.05, 4.69) is 31.9 Å². The summed E-state index contributed by atoms with van der Waals surface area (Å²) in [5, 5.41) is 4.63. The van der Waals surface area contributed by atoms with Gasteiger partial charge in [0, 0.05) is 12.5 Å². The molecule has 0 amide bonds. The molecule has 0 N–H and O–H groups in total. The zero-order valence-corrected chi connectivity index (χ0v) is 15.5. The normalized spacial score (nSPS) is 14.8. The molecule has 0 atom stereocenters. The first-order valence-corrected chi connectivity index (χ1v) is 9.44. The van der Waals surface area contributed by atoms with Crippen LogP contribution >= 0.6 is 0 Å². The van der Waals surface area contributed by atoms with Crippen LogP contribution < -0.4 is 4.74 Å². The number of benzene rings is 1. The summed E-state index contributed by atoms with van der Waals surface area (Å²) in [6.45, 7) is 6.21. The first kappa shape index (κ1) is 17.7. The summed E-state index contributed by atoms with van der Waals surface area (Å²) in [5.41, 5.74) is 4.25. The van der Waals surface area contributed by atoms with Crippen molar-refractivity contribution >= 4 is 5.97 Å². The molecule has 0 bridgehead atoms. The number of aromatic nitrogens is 2. The van der Waals surface area contributed by atoms with Crippen molar-refractivity contribution in [3.8, 4) is 11.6 Å². The molecule has 1 heterocycles. The minimum atomic E-state index is -0.152. The summed E-state index contributed by atoms with van der Waals surface area (Å²) < 4.78 is 7.47. The number of ether oxygens (including phenoxy) is 1. The van der Waals surface area contributed by atoms with Crippen molar-refractivity contribution in [2.45, 2.75) is 65.7 Å². The van der Waals surface area contributed by atoms with E-state index in [-0.39, 0.29) is 5.97 Å².